The van der Waals surface area contributed by atoms with Gasteiger partial charge < -0.3 is 15.5 Å². The molecule has 26 heavy (non-hydrogen) atoms. The van der Waals surface area contributed by atoms with Gasteiger partial charge in [0.05, 0.1) is 6.61 Å². The molecule has 0 atom stereocenters. The fourth-order valence-corrected chi connectivity index (χ4v) is 3.04. The Morgan fingerprint density at radius 1 is 1.08 bits per heavy atom. The van der Waals surface area contributed by atoms with E-state index in [9.17, 15) is 15.3 Å². The predicted molar refractivity (Wildman–Crippen MR) is 101 cm³/mol. The van der Waals surface area contributed by atoms with Gasteiger partial charge in [-0.25, -0.2) is 0 Å². The molecule has 0 saturated heterocycles. The molecule has 2 aromatic rings. The van der Waals surface area contributed by atoms with Gasteiger partial charge in [0.25, 0.3) is 5.56 Å². The van der Waals surface area contributed by atoms with Crippen molar-refractivity contribution in [2.45, 2.75) is 40.0 Å². The van der Waals surface area contributed by atoms with Gasteiger partial charge in [-0.2, -0.15) is 10.5 Å². The maximum atomic E-state index is 12.1. The lowest BCUT2D eigenvalue weighted by atomic mass is 9.90. The monoisotopic (exact) mass is 350 g/mol. The number of nitriles is 2. The molecule has 0 bridgehead atoms. The van der Waals surface area contributed by atoms with E-state index in [0.29, 0.717) is 12.2 Å². The van der Waals surface area contributed by atoms with Gasteiger partial charge >= 0.3 is 0 Å². The molecule has 0 unspecified atom stereocenters. The molecule has 6 nitrogen and oxygen atoms in total. The summed E-state index contributed by atoms with van der Waals surface area (Å²) in [7, 11) is 0. The lowest BCUT2D eigenvalue weighted by Gasteiger charge is -2.16. The average Bonchev–Trinajstić information content (AvgIpc) is 2.58. The Balaban J connectivity index is 2.59. The van der Waals surface area contributed by atoms with Crippen molar-refractivity contribution in [3.63, 3.8) is 0 Å². The molecule has 1 heterocycles. The number of hydrogen-bond donors (Lipinski definition) is 2. The maximum Gasteiger partial charge on any atom is 0.268 e. The van der Waals surface area contributed by atoms with Crippen LogP contribution >= 0.6 is 0 Å². The van der Waals surface area contributed by atoms with Gasteiger partial charge in [0.1, 0.15) is 34.8 Å². The molecular weight excluding hydrogens is 328 g/mol. The molecular formula is C20H22N4O2. The zero-order valence-corrected chi connectivity index (χ0v) is 15.3. The molecule has 0 fully saturated rings. The van der Waals surface area contributed by atoms with Gasteiger partial charge in [-0.05, 0) is 49.1 Å². The Hall–Kier alpha value is -3.25. The van der Waals surface area contributed by atoms with Crippen molar-refractivity contribution >= 4 is 5.82 Å². The number of ether oxygens (including phenoxy) is 1. The molecule has 0 spiro atoms. The summed E-state index contributed by atoms with van der Waals surface area (Å²) in [6, 6.07) is 7.61. The summed E-state index contributed by atoms with van der Waals surface area (Å²) in [6.45, 7) is 6.49. The van der Waals surface area contributed by atoms with Crippen molar-refractivity contribution in [2.24, 2.45) is 0 Å². The van der Waals surface area contributed by atoms with Crippen LogP contribution in [0.2, 0.25) is 0 Å². The predicted octanol–water partition coefficient (Wildman–Crippen LogP) is 3.55. The second kappa shape index (κ2) is 8.22. The molecule has 6 heteroatoms. The number of anilines is 1. The fourth-order valence-electron chi connectivity index (χ4n) is 3.04. The van der Waals surface area contributed by atoms with Crippen molar-refractivity contribution in [3.05, 3.63) is 44.7 Å². The number of nitrogens with zero attached hydrogens (tertiary/aromatic N) is 2. The van der Waals surface area contributed by atoms with E-state index in [1.54, 1.807) is 0 Å². The zero-order valence-electron chi connectivity index (χ0n) is 15.3. The van der Waals surface area contributed by atoms with Crippen LogP contribution in [0.5, 0.6) is 5.75 Å². The van der Waals surface area contributed by atoms with Gasteiger partial charge in [-0.3, -0.25) is 4.79 Å². The first-order valence-electron chi connectivity index (χ1n) is 8.54. The molecule has 1 aromatic carbocycles. The molecule has 0 aliphatic heterocycles. The second-order valence-electron chi connectivity index (χ2n) is 6.20. The first kappa shape index (κ1) is 19.1. The van der Waals surface area contributed by atoms with Crippen molar-refractivity contribution in [2.75, 3.05) is 12.3 Å². The number of aryl methyl sites for hydroxylation is 2. The van der Waals surface area contributed by atoms with E-state index in [1.807, 2.05) is 38.1 Å². The van der Waals surface area contributed by atoms with Crippen molar-refractivity contribution < 1.29 is 4.74 Å². The highest BCUT2D eigenvalue weighted by Crippen LogP contribution is 2.35. The van der Waals surface area contributed by atoms with E-state index in [-0.39, 0.29) is 22.5 Å². The summed E-state index contributed by atoms with van der Waals surface area (Å²) in [5.41, 5.74) is 7.77. The molecule has 0 aliphatic rings. The number of unbranched alkanes of at least 4 members (excludes halogenated alkanes) is 2. The van der Waals surface area contributed by atoms with Crippen molar-refractivity contribution in [3.8, 4) is 29.0 Å². The van der Waals surface area contributed by atoms with E-state index < -0.39 is 5.56 Å². The lowest BCUT2D eigenvalue weighted by molar-refractivity contribution is 0.306. The van der Waals surface area contributed by atoms with E-state index in [1.165, 1.54) is 0 Å². The third kappa shape index (κ3) is 3.70. The Morgan fingerprint density at radius 2 is 1.69 bits per heavy atom. The lowest BCUT2D eigenvalue weighted by Crippen LogP contribution is -2.17. The minimum Gasteiger partial charge on any atom is -0.494 e. The zero-order chi connectivity index (χ0) is 19.3. The SMILES string of the molecule is CCCCCOc1cc(C)c(-c2c(C#N)c(N)[nH]c(=O)c2C#N)c(C)c1. The smallest absolute Gasteiger partial charge is 0.268 e. The van der Waals surface area contributed by atoms with Crippen LogP contribution in [-0.4, -0.2) is 11.6 Å². The van der Waals surface area contributed by atoms with Gasteiger partial charge in [0.2, 0.25) is 0 Å². The number of nitrogens with two attached hydrogens (primary N) is 1. The largest absolute Gasteiger partial charge is 0.494 e. The summed E-state index contributed by atoms with van der Waals surface area (Å²) in [6.07, 6.45) is 3.22. The van der Waals surface area contributed by atoms with Gasteiger partial charge in [-0.1, -0.05) is 19.8 Å². The van der Waals surface area contributed by atoms with Gasteiger partial charge in [-0.15, -0.1) is 0 Å². The normalized spacial score (nSPS) is 10.2. The molecule has 3 N–H and O–H groups in total. The Morgan fingerprint density at radius 3 is 2.23 bits per heavy atom. The Kier molecular flexibility index (Phi) is 6.03. The number of nitrogens with one attached hydrogen (secondary N) is 1. The first-order chi connectivity index (χ1) is 12.4. The van der Waals surface area contributed by atoms with E-state index >= 15 is 0 Å². The van der Waals surface area contributed by atoms with Crippen LogP contribution in [0.25, 0.3) is 11.1 Å². The number of H-pyrrole nitrogens is 1. The third-order valence-electron chi connectivity index (χ3n) is 4.24. The number of pyridine rings is 1. The quantitative estimate of drug-likeness (QED) is 0.773. The molecule has 2 rings (SSSR count). The molecule has 0 aliphatic carbocycles. The van der Waals surface area contributed by atoms with Crippen LogP contribution in [0.4, 0.5) is 5.82 Å². The number of aromatic amines is 1. The minimum absolute atomic E-state index is 0.0369. The van der Waals surface area contributed by atoms with Crippen LogP contribution in [0, 0.1) is 36.5 Å². The summed E-state index contributed by atoms with van der Waals surface area (Å²) in [5, 5.41) is 18.9. The molecule has 1 aromatic heterocycles. The van der Waals surface area contributed by atoms with Crippen molar-refractivity contribution in [1.29, 1.82) is 10.5 Å². The average molecular weight is 350 g/mol. The van der Waals surface area contributed by atoms with E-state index in [0.717, 1.165) is 36.1 Å². The van der Waals surface area contributed by atoms with Gasteiger partial charge in [0.15, 0.2) is 0 Å². The molecule has 0 radical (unpaired) electrons. The summed E-state index contributed by atoms with van der Waals surface area (Å²) in [5.74, 6) is 0.694. The van der Waals surface area contributed by atoms with E-state index in [4.69, 9.17) is 10.5 Å². The first-order valence-corrected chi connectivity index (χ1v) is 8.54. The van der Waals surface area contributed by atoms with Crippen LogP contribution in [-0.2, 0) is 0 Å². The summed E-state index contributed by atoms with van der Waals surface area (Å²) >= 11 is 0. The van der Waals surface area contributed by atoms with Crippen LogP contribution in [0.1, 0.15) is 48.4 Å². The topological polar surface area (TPSA) is 116 Å². The van der Waals surface area contributed by atoms with E-state index in [2.05, 4.69) is 11.9 Å². The summed E-state index contributed by atoms with van der Waals surface area (Å²) < 4.78 is 5.80. The number of nitrogen functional groups attached to an aromatic ring is 1. The number of hydrogen-bond acceptors (Lipinski definition) is 5. The van der Waals surface area contributed by atoms with Crippen LogP contribution in [0.15, 0.2) is 16.9 Å². The highest BCUT2D eigenvalue weighted by molar-refractivity contribution is 5.84. The fraction of sp³-hybridized carbons (Fsp3) is 0.350. The van der Waals surface area contributed by atoms with Crippen LogP contribution < -0.4 is 16.0 Å². The minimum atomic E-state index is -0.599. The summed E-state index contributed by atoms with van der Waals surface area (Å²) in [4.78, 5) is 14.5. The standard InChI is InChI=1S/C20H22N4O2/c1-4-5-6-7-26-14-8-12(2)17(13(3)9-14)18-15(10-21)19(23)24-20(25)16(18)11-22/h8-9H,4-7H2,1-3H3,(H3,23,24,25). The highest BCUT2D eigenvalue weighted by atomic mass is 16.5. The Labute approximate surface area is 152 Å². The number of aromatic nitrogens is 1. The maximum absolute atomic E-state index is 12.1. The Bertz CT molecular complexity index is 938. The number of rotatable bonds is 6. The van der Waals surface area contributed by atoms with Crippen molar-refractivity contribution in [1.82, 2.24) is 4.98 Å². The second-order valence-corrected chi connectivity index (χ2v) is 6.20. The van der Waals surface area contributed by atoms with Gasteiger partial charge in [0, 0.05) is 5.56 Å². The molecule has 0 amide bonds. The third-order valence-corrected chi connectivity index (χ3v) is 4.24. The molecule has 134 valence electrons. The highest BCUT2D eigenvalue weighted by Gasteiger charge is 2.21. The molecule has 0 saturated carbocycles. The number of benzene rings is 1. The van der Waals surface area contributed by atoms with Crippen LogP contribution in [0.3, 0.4) is 0 Å².